The summed E-state index contributed by atoms with van der Waals surface area (Å²) in [5.41, 5.74) is 3.14. The summed E-state index contributed by atoms with van der Waals surface area (Å²) in [5.74, 6) is -3.59. The molecule has 1 fully saturated rings. The van der Waals surface area contributed by atoms with Gasteiger partial charge in [0.25, 0.3) is 0 Å². The molecule has 426 valence electrons. The van der Waals surface area contributed by atoms with Gasteiger partial charge in [0.15, 0.2) is 35.2 Å². The van der Waals surface area contributed by atoms with Crippen LogP contribution in [0.25, 0.3) is 11.0 Å². The van der Waals surface area contributed by atoms with Crippen molar-refractivity contribution in [3.8, 4) is 0 Å². The third-order valence-corrected chi connectivity index (χ3v) is 14.4. The number of nitrogens with zero attached hydrogens (tertiary/aromatic N) is 4. The minimum atomic E-state index is -1.25. The van der Waals surface area contributed by atoms with Crippen molar-refractivity contribution >= 4 is 79.7 Å². The molecule has 9 atom stereocenters. The lowest BCUT2D eigenvalue weighted by molar-refractivity contribution is -0.160. The lowest BCUT2D eigenvalue weighted by Crippen LogP contribution is -2.41. The van der Waals surface area contributed by atoms with Crippen LogP contribution in [-0.4, -0.2) is 160 Å². The largest absolute Gasteiger partial charge is 0.463 e. The van der Waals surface area contributed by atoms with Crippen molar-refractivity contribution in [1.82, 2.24) is 14.9 Å². The van der Waals surface area contributed by atoms with Crippen LogP contribution in [0.2, 0.25) is 0 Å². The minimum Gasteiger partial charge on any atom is -0.463 e. The second kappa shape index (κ2) is 32.3. The number of aliphatic hydroxyl groups excluding tert-OH is 2. The normalized spacial score (nSPS) is 19.3. The van der Waals surface area contributed by atoms with Crippen LogP contribution in [0.15, 0.2) is 76.5 Å². The lowest BCUT2D eigenvalue weighted by atomic mass is 9.85. The molecule has 1 saturated carbocycles. The summed E-state index contributed by atoms with van der Waals surface area (Å²) in [6, 6.07) is 13.4. The topological polar surface area (TPSA) is 269 Å². The molecule has 78 heavy (non-hydrogen) atoms. The van der Waals surface area contributed by atoms with E-state index in [4.69, 9.17) is 28.4 Å². The van der Waals surface area contributed by atoms with Gasteiger partial charge in [0.2, 0.25) is 0 Å². The maximum absolute atomic E-state index is 13.2. The number of allylic oxidation sites excluding steroid dienone is 2. The molecule has 3 aromatic rings. The third-order valence-electron chi connectivity index (χ3n) is 13.6. The molecule has 1 aromatic heterocycles. The summed E-state index contributed by atoms with van der Waals surface area (Å²) in [4.78, 5) is 104. The molecule has 0 saturated heterocycles. The zero-order chi connectivity index (χ0) is 56.7. The van der Waals surface area contributed by atoms with Crippen LogP contribution in [0.4, 0.5) is 5.69 Å². The van der Waals surface area contributed by atoms with E-state index < -0.39 is 91.8 Å². The zero-order valence-electron chi connectivity index (χ0n) is 45.5. The van der Waals surface area contributed by atoms with E-state index >= 15 is 0 Å². The lowest BCUT2D eigenvalue weighted by Gasteiger charge is -2.25. The number of fused-ring (bicyclic) bond motifs is 1. The van der Waals surface area contributed by atoms with Crippen LogP contribution in [-0.2, 0) is 68.4 Å². The summed E-state index contributed by atoms with van der Waals surface area (Å²) in [6.07, 6.45) is 4.45. The monoisotopic (exact) mass is 1150 g/mol. The number of aliphatic imine (C=N–C) groups is 1. The van der Waals surface area contributed by atoms with E-state index in [0.29, 0.717) is 91.6 Å². The molecule has 0 amide bonds. The molecule has 5 rings (SSSR count). The number of benzene rings is 2. The predicted octanol–water partition coefficient (Wildman–Crippen LogP) is 6.43. The molecule has 4 unspecified atom stereocenters. The molecule has 2 aromatic carbocycles. The van der Waals surface area contributed by atoms with Gasteiger partial charge in [-0.25, -0.2) is 0 Å². The number of hydrogen-bond donors (Lipinski definition) is 3. The van der Waals surface area contributed by atoms with Gasteiger partial charge < -0.3 is 48.9 Å². The first-order valence-corrected chi connectivity index (χ1v) is 27.6. The number of nitrogens with one attached hydrogen (secondary N) is 1. The first-order chi connectivity index (χ1) is 37.3. The maximum atomic E-state index is 13.2. The molecule has 20 nitrogen and oxygen atoms in total. The molecule has 2 aliphatic rings. The number of unbranched alkanes of at least 4 members (excludes halogenated alkanes) is 1. The van der Waals surface area contributed by atoms with E-state index in [2.05, 4.69) is 36.2 Å². The highest BCUT2D eigenvalue weighted by atomic mass is 79.9. The number of halogens is 1. The fraction of sp³-hybridized carbons (Fsp3) is 0.579. The van der Waals surface area contributed by atoms with Crippen LogP contribution in [0.5, 0.6) is 0 Å². The number of ether oxygens (including phenoxy) is 6. The van der Waals surface area contributed by atoms with Crippen molar-refractivity contribution in [2.45, 2.75) is 161 Å². The SMILES string of the molecule is CC(C)OC(=O)CCC/C=C\C[C@@H]1[C@@H](CC[C@H](CCc2ccccc2)OC(=O)CCC(=O)OC(C)C(=O)COC(C)C(=O)COC(C)C(=O)COC(C)C(=O)CN2CCN=C2Nc2ccc3nccnc3c2Br)[C@H](O)C[C@@H]1O. The van der Waals surface area contributed by atoms with Gasteiger partial charge in [0.05, 0.1) is 59.9 Å². The second-order valence-corrected chi connectivity index (χ2v) is 20.8. The van der Waals surface area contributed by atoms with Gasteiger partial charge in [0, 0.05) is 25.4 Å². The average Bonchev–Trinajstić information content (AvgIpc) is 4.01. The van der Waals surface area contributed by atoms with Gasteiger partial charge in [-0.3, -0.25) is 48.5 Å². The molecule has 1 aliphatic heterocycles. The minimum absolute atomic E-state index is 0.0181. The number of esters is 3. The molecule has 0 spiro atoms. The number of anilines is 1. The maximum Gasteiger partial charge on any atom is 0.307 e. The summed E-state index contributed by atoms with van der Waals surface area (Å²) >= 11 is 3.57. The first kappa shape index (κ1) is 63.0. The van der Waals surface area contributed by atoms with Gasteiger partial charge >= 0.3 is 17.9 Å². The van der Waals surface area contributed by atoms with Crippen LogP contribution in [0.3, 0.4) is 0 Å². The Labute approximate surface area is 464 Å². The van der Waals surface area contributed by atoms with E-state index in [0.717, 1.165) is 5.56 Å². The number of rotatable bonds is 34. The molecule has 2 heterocycles. The number of hydrogen-bond acceptors (Lipinski definition) is 20. The van der Waals surface area contributed by atoms with Gasteiger partial charge in [-0.2, -0.15) is 0 Å². The van der Waals surface area contributed by atoms with E-state index in [1.807, 2.05) is 68.5 Å². The molecular weight excluding hydrogens is 1070 g/mol. The highest BCUT2D eigenvalue weighted by molar-refractivity contribution is 9.10. The predicted molar refractivity (Wildman–Crippen MR) is 292 cm³/mol. The number of carbonyl (C=O) groups excluding carboxylic acids is 7. The Morgan fingerprint density at radius 2 is 1.31 bits per heavy atom. The zero-order valence-corrected chi connectivity index (χ0v) is 47.1. The van der Waals surface area contributed by atoms with E-state index in [1.54, 1.807) is 24.2 Å². The number of Topliss-reactive ketones (excluding diaryl/α,β-unsaturated/α-hetero) is 4. The summed E-state index contributed by atoms with van der Waals surface area (Å²) in [6.45, 7) is 8.80. The van der Waals surface area contributed by atoms with Crippen LogP contribution in [0, 0.1) is 11.8 Å². The molecule has 3 N–H and O–H groups in total. The standard InChI is InChI=1S/C57H76BrN5O15/c1-35(2)76-52(70)17-13-8-7-12-16-42-43(47(65)30-46(42)64)21-20-41(19-18-40-14-10-9-11-15-40)78-54(72)25-24-53(71)77-39(6)51(69)34-75-38(5)50(68)33-74-37(4)49(67)32-73-36(3)48(66)31-63-29-28-61-57(63)62-44-22-23-45-56(55(44)58)60-27-26-59-45/h7,9-12,14-15,22-23,26-27,35-39,41-43,46-47,64-65H,8,13,16-21,24-25,28-34H2,1-6H3,(H,61,62)/b12-7-/t36?,37?,38?,39?,41-,42+,43+,46-,47+/m0/s1. The Morgan fingerprint density at radius 1 is 0.705 bits per heavy atom. The van der Waals surface area contributed by atoms with Gasteiger partial charge in [-0.1, -0.05) is 42.5 Å². The van der Waals surface area contributed by atoms with Gasteiger partial charge in [-0.05, 0) is 138 Å². The number of aliphatic hydroxyl groups is 2. The Hall–Kier alpha value is -5.84. The van der Waals surface area contributed by atoms with Crippen LogP contribution < -0.4 is 5.32 Å². The van der Waals surface area contributed by atoms with Crippen molar-refractivity contribution in [3.63, 3.8) is 0 Å². The molecule has 0 radical (unpaired) electrons. The highest BCUT2D eigenvalue weighted by Gasteiger charge is 2.41. The van der Waals surface area contributed by atoms with Gasteiger partial charge in [0.1, 0.15) is 49.8 Å². The summed E-state index contributed by atoms with van der Waals surface area (Å²) in [7, 11) is 0. The van der Waals surface area contributed by atoms with Crippen molar-refractivity contribution in [1.29, 1.82) is 0 Å². The fourth-order valence-electron chi connectivity index (χ4n) is 8.89. The quantitative estimate of drug-likeness (QED) is 0.0252. The van der Waals surface area contributed by atoms with Crippen molar-refractivity contribution in [2.24, 2.45) is 16.8 Å². The fourth-order valence-corrected chi connectivity index (χ4v) is 9.43. The number of aryl methyl sites for hydroxylation is 1. The number of guanidine groups is 1. The molecule has 21 heteroatoms. The van der Waals surface area contributed by atoms with Gasteiger partial charge in [-0.15, -0.1) is 0 Å². The Bertz CT molecular complexity index is 2550. The van der Waals surface area contributed by atoms with E-state index in [1.165, 1.54) is 20.8 Å². The number of ketones is 4. The molecular formula is C57H76BrN5O15. The third kappa shape index (κ3) is 20.8. The smallest absolute Gasteiger partial charge is 0.307 e. The highest BCUT2D eigenvalue weighted by Crippen LogP contribution is 2.39. The Morgan fingerprint density at radius 3 is 1.97 bits per heavy atom. The Kier molecular flexibility index (Phi) is 26.1. The average molecular weight is 1150 g/mol. The summed E-state index contributed by atoms with van der Waals surface area (Å²) < 4.78 is 33.6. The Balaban J connectivity index is 0.973. The number of carbonyl (C=O) groups is 7. The van der Waals surface area contributed by atoms with E-state index in [9.17, 15) is 43.8 Å². The first-order valence-electron chi connectivity index (χ1n) is 26.8. The van der Waals surface area contributed by atoms with Crippen molar-refractivity contribution in [2.75, 3.05) is 44.8 Å². The molecule has 0 bridgehead atoms. The van der Waals surface area contributed by atoms with Crippen LogP contribution in [0.1, 0.15) is 111 Å². The summed E-state index contributed by atoms with van der Waals surface area (Å²) in [5, 5.41) is 25.0. The second-order valence-electron chi connectivity index (χ2n) is 20.0. The van der Waals surface area contributed by atoms with Crippen molar-refractivity contribution < 1.29 is 72.2 Å². The number of aromatic nitrogens is 2. The van der Waals surface area contributed by atoms with E-state index in [-0.39, 0.29) is 55.5 Å². The molecule has 1 aliphatic carbocycles. The van der Waals surface area contributed by atoms with Crippen molar-refractivity contribution in [3.05, 3.63) is 77.0 Å². The van der Waals surface area contributed by atoms with Crippen LogP contribution >= 0.6 is 15.9 Å².